The van der Waals surface area contributed by atoms with Gasteiger partial charge in [0.15, 0.2) is 0 Å². The number of hydrogen-bond acceptors (Lipinski definition) is 8. The average Bonchev–Trinajstić information content (AvgIpc) is 3.49. The number of guanidine groups is 1. The molecule has 31 heavy (non-hydrogen) atoms. The molecule has 2 aliphatic heterocycles. The van der Waals surface area contributed by atoms with Gasteiger partial charge in [-0.3, -0.25) is 15.1 Å². The van der Waals surface area contributed by atoms with Crippen LogP contribution >= 0.6 is 11.3 Å². The molecule has 0 radical (unpaired) electrons. The number of aliphatic hydroxyl groups excluding tert-OH is 3. The summed E-state index contributed by atoms with van der Waals surface area (Å²) in [5.74, 6) is -0.725. The summed E-state index contributed by atoms with van der Waals surface area (Å²) >= 11 is 1.42. The summed E-state index contributed by atoms with van der Waals surface area (Å²) in [5.41, 5.74) is 0.806. The molecule has 1 aromatic carbocycles. The van der Waals surface area contributed by atoms with E-state index in [0.29, 0.717) is 23.2 Å². The molecule has 1 aliphatic carbocycles. The fourth-order valence-corrected chi connectivity index (χ4v) is 5.56. The smallest absolute Gasteiger partial charge is 0.244 e. The monoisotopic (exact) mass is 443 g/mol. The molecule has 1 amide bonds. The number of thiazole rings is 1. The Kier molecular flexibility index (Phi) is 5.47. The number of fused-ring (bicyclic) bond motifs is 1. The maximum atomic E-state index is 13.2. The lowest BCUT2D eigenvalue weighted by Crippen LogP contribution is -2.50. The van der Waals surface area contributed by atoms with Gasteiger partial charge in [0.1, 0.15) is 22.9 Å². The largest absolute Gasteiger partial charge is 0.396 e. The number of aromatic nitrogens is 1. The third kappa shape index (κ3) is 3.73. The summed E-state index contributed by atoms with van der Waals surface area (Å²) in [6.45, 7) is 1.40. The molecule has 1 unspecified atom stereocenters. The van der Waals surface area contributed by atoms with Crippen molar-refractivity contribution in [2.75, 3.05) is 19.7 Å². The third-order valence-corrected chi connectivity index (χ3v) is 7.34. The van der Waals surface area contributed by atoms with Crippen LogP contribution in [0.1, 0.15) is 30.2 Å². The maximum absolute atomic E-state index is 13.2. The normalized spacial score (nSPS) is 32.7. The molecule has 1 saturated heterocycles. The van der Waals surface area contributed by atoms with Crippen LogP contribution in [0.4, 0.5) is 0 Å². The molecule has 4 N–H and O–H groups in total. The first kappa shape index (κ1) is 20.5. The highest BCUT2D eigenvalue weighted by molar-refractivity contribution is 7.18. The van der Waals surface area contributed by atoms with Gasteiger partial charge in [-0.25, -0.2) is 4.98 Å². The van der Waals surface area contributed by atoms with Crippen molar-refractivity contribution in [3.8, 4) is 0 Å². The van der Waals surface area contributed by atoms with Gasteiger partial charge in [-0.2, -0.15) is 4.99 Å². The van der Waals surface area contributed by atoms with Crippen LogP contribution in [-0.4, -0.2) is 80.9 Å². The molecule has 9 nitrogen and oxygen atoms in total. The van der Waals surface area contributed by atoms with Gasteiger partial charge in [-0.05, 0) is 31.4 Å². The van der Waals surface area contributed by atoms with E-state index in [1.54, 1.807) is 0 Å². The number of nitrogens with zero attached hydrogens (tertiary/aromatic N) is 4. The van der Waals surface area contributed by atoms with Gasteiger partial charge in [0, 0.05) is 25.6 Å². The molecule has 5 atom stereocenters. The molecule has 0 bridgehead atoms. The highest BCUT2D eigenvalue weighted by atomic mass is 32.1. The quantitative estimate of drug-likeness (QED) is 0.545. The minimum absolute atomic E-state index is 0.232. The van der Waals surface area contributed by atoms with E-state index in [0.717, 1.165) is 36.1 Å². The molecule has 10 heteroatoms. The van der Waals surface area contributed by atoms with E-state index in [2.05, 4.69) is 20.3 Å². The second-order valence-electron chi connectivity index (χ2n) is 8.29. The molecule has 5 rings (SSSR count). The average molecular weight is 444 g/mol. The molecule has 1 aromatic heterocycles. The summed E-state index contributed by atoms with van der Waals surface area (Å²) in [6.07, 6.45) is 0.226. The first-order valence-electron chi connectivity index (χ1n) is 10.6. The molecule has 1 saturated carbocycles. The summed E-state index contributed by atoms with van der Waals surface area (Å²) in [5, 5.41) is 33.7. The van der Waals surface area contributed by atoms with Crippen LogP contribution in [0.3, 0.4) is 0 Å². The van der Waals surface area contributed by atoms with E-state index in [-0.39, 0.29) is 12.5 Å². The lowest BCUT2D eigenvalue weighted by Gasteiger charge is -2.27. The Bertz CT molecular complexity index is 1010. The number of aliphatic hydroxyl groups is 3. The van der Waals surface area contributed by atoms with Crippen molar-refractivity contribution in [3.63, 3.8) is 0 Å². The predicted octanol–water partition coefficient (Wildman–Crippen LogP) is 0.463. The molecule has 3 aliphatic rings. The number of amides is 1. The zero-order chi connectivity index (χ0) is 21.5. The Morgan fingerprint density at radius 2 is 1.97 bits per heavy atom. The number of rotatable bonds is 3. The summed E-state index contributed by atoms with van der Waals surface area (Å²) in [7, 11) is 0. The Morgan fingerprint density at radius 1 is 1.19 bits per heavy atom. The van der Waals surface area contributed by atoms with E-state index < -0.39 is 30.1 Å². The van der Waals surface area contributed by atoms with Crippen molar-refractivity contribution in [1.82, 2.24) is 15.2 Å². The number of likely N-dealkylation sites (tertiary alicyclic amines) is 1. The van der Waals surface area contributed by atoms with Crippen molar-refractivity contribution >= 4 is 39.3 Å². The van der Waals surface area contributed by atoms with E-state index in [9.17, 15) is 20.1 Å². The molecule has 2 fully saturated rings. The zero-order valence-electron chi connectivity index (χ0n) is 16.9. The number of aliphatic imine (C=N–C) groups is 2. The fourth-order valence-electron chi connectivity index (χ4n) is 4.50. The van der Waals surface area contributed by atoms with Crippen molar-refractivity contribution < 1.29 is 20.1 Å². The Hall–Kier alpha value is -2.40. The standard InChI is InChI=1S/C21H25N5O4S/c27-10-11-9-13(17(29)16(11)28)22-18-15(20-23-12-5-1-2-6-14(12)31-20)19(30)25-21(24-18)26-7-3-4-8-26/h1-2,5-6,11,13,15-17,27-29H,3-4,7-10H2,(H,22,24,25,30)/t11-,13-,15?,16-,17+/m1/s1. The van der Waals surface area contributed by atoms with Crippen molar-refractivity contribution in [3.05, 3.63) is 29.3 Å². The number of amidine groups is 1. The molecule has 2 aromatic rings. The van der Waals surface area contributed by atoms with E-state index >= 15 is 0 Å². The van der Waals surface area contributed by atoms with Crippen molar-refractivity contribution in [2.45, 2.75) is 43.4 Å². The van der Waals surface area contributed by atoms with Crippen LogP contribution in [0.15, 0.2) is 34.3 Å². The third-order valence-electron chi connectivity index (χ3n) is 6.24. The summed E-state index contributed by atoms with van der Waals surface area (Å²) in [4.78, 5) is 29.2. The van der Waals surface area contributed by atoms with Crippen molar-refractivity contribution in [2.24, 2.45) is 15.9 Å². The van der Waals surface area contributed by atoms with Crippen LogP contribution in [0.2, 0.25) is 0 Å². The Morgan fingerprint density at radius 3 is 2.68 bits per heavy atom. The van der Waals surface area contributed by atoms with Gasteiger partial charge in [0.2, 0.25) is 11.9 Å². The number of hydrogen-bond donors (Lipinski definition) is 4. The zero-order valence-corrected chi connectivity index (χ0v) is 17.7. The van der Waals surface area contributed by atoms with Crippen molar-refractivity contribution in [1.29, 1.82) is 0 Å². The van der Waals surface area contributed by atoms with Crippen LogP contribution in [0.25, 0.3) is 10.2 Å². The molecule has 164 valence electrons. The summed E-state index contributed by atoms with van der Waals surface area (Å²) < 4.78 is 0.968. The second kappa shape index (κ2) is 8.27. The highest BCUT2D eigenvalue weighted by Crippen LogP contribution is 2.33. The lowest BCUT2D eigenvalue weighted by atomic mass is 10.1. The summed E-state index contributed by atoms with van der Waals surface area (Å²) in [6, 6.07) is 7.03. The number of benzene rings is 1. The lowest BCUT2D eigenvalue weighted by molar-refractivity contribution is -0.120. The van der Waals surface area contributed by atoms with Gasteiger partial charge in [0.25, 0.3) is 0 Å². The molecule has 0 spiro atoms. The predicted molar refractivity (Wildman–Crippen MR) is 117 cm³/mol. The van der Waals surface area contributed by atoms with Gasteiger partial charge in [0.05, 0.1) is 22.4 Å². The Labute approximate surface area is 183 Å². The first-order valence-corrected chi connectivity index (χ1v) is 11.4. The van der Waals surface area contributed by atoms with E-state index in [4.69, 9.17) is 0 Å². The van der Waals surface area contributed by atoms with E-state index in [1.807, 2.05) is 29.2 Å². The molecular formula is C21H25N5O4S. The minimum Gasteiger partial charge on any atom is -0.396 e. The second-order valence-corrected chi connectivity index (χ2v) is 9.35. The number of nitrogens with one attached hydrogen (secondary N) is 1. The minimum atomic E-state index is -1.11. The van der Waals surface area contributed by atoms with Crippen LogP contribution in [0, 0.1) is 5.92 Å². The van der Waals surface area contributed by atoms with Gasteiger partial charge in [-0.1, -0.05) is 12.1 Å². The maximum Gasteiger partial charge on any atom is 0.244 e. The Balaban J connectivity index is 1.56. The highest BCUT2D eigenvalue weighted by Gasteiger charge is 2.43. The van der Waals surface area contributed by atoms with Crippen LogP contribution < -0.4 is 5.32 Å². The first-order chi connectivity index (χ1) is 15.0. The van der Waals surface area contributed by atoms with Crippen LogP contribution in [-0.2, 0) is 4.79 Å². The number of para-hydroxylation sites is 1. The van der Waals surface area contributed by atoms with Crippen LogP contribution in [0.5, 0.6) is 0 Å². The SMILES string of the molecule is O=C1NC(N2CCCC2)=NC(=N[C@@H]2C[C@H](CO)[C@@H](O)[C@H]2O)C1c1nc2ccccc2s1. The van der Waals surface area contributed by atoms with Gasteiger partial charge >= 0.3 is 0 Å². The van der Waals surface area contributed by atoms with Gasteiger partial charge < -0.3 is 20.2 Å². The number of carbonyl (C=O) groups is 1. The molecular weight excluding hydrogens is 418 g/mol. The fraction of sp³-hybridized carbons (Fsp3) is 0.524. The molecule has 3 heterocycles. The van der Waals surface area contributed by atoms with Gasteiger partial charge in [-0.15, -0.1) is 11.3 Å². The topological polar surface area (TPSA) is 131 Å². The number of carbonyl (C=O) groups excluding carboxylic acids is 1. The van der Waals surface area contributed by atoms with E-state index in [1.165, 1.54) is 11.3 Å².